The topological polar surface area (TPSA) is 78.8 Å². The number of amides is 3. The zero-order valence-corrected chi connectivity index (χ0v) is 15.2. The van der Waals surface area contributed by atoms with Crippen LogP contribution in [0.15, 0.2) is 59.6 Å². The van der Waals surface area contributed by atoms with Crippen LogP contribution in [-0.4, -0.2) is 46.1 Å². The summed E-state index contributed by atoms with van der Waals surface area (Å²) in [6.45, 7) is 0.649. The van der Waals surface area contributed by atoms with Crippen molar-refractivity contribution in [3.05, 3.63) is 71.3 Å². The summed E-state index contributed by atoms with van der Waals surface area (Å²) >= 11 is 1.46. The summed E-state index contributed by atoms with van der Waals surface area (Å²) in [6, 6.07) is 15.1. The summed E-state index contributed by atoms with van der Waals surface area (Å²) in [7, 11) is 0. The fourth-order valence-corrected chi connectivity index (χ4v) is 3.96. The van der Waals surface area contributed by atoms with Crippen LogP contribution in [0.5, 0.6) is 0 Å². The predicted molar refractivity (Wildman–Crippen MR) is 104 cm³/mol. The van der Waals surface area contributed by atoms with E-state index in [1.54, 1.807) is 24.3 Å². The van der Waals surface area contributed by atoms with Crippen molar-refractivity contribution in [2.45, 2.75) is 12.5 Å². The van der Waals surface area contributed by atoms with Crippen LogP contribution in [0.4, 0.5) is 0 Å². The summed E-state index contributed by atoms with van der Waals surface area (Å²) in [4.78, 5) is 44.0. The predicted octanol–water partition coefficient (Wildman–Crippen LogP) is 2.11. The molecule has 2 aliphatic rings. The summed E-state index contributed by atoms with van der Waals surface area (Å²) in [6.07, 6.45) is 0.246. The maximum absolute atomic E-state index is 13.0. The van der Waals surface area contributed by atoms with Gasteiger partial charge in [0.05, 0.1) is 17.7 Å². The van der Waals surface area contributed by atoms with Crippen LogP contribution in [0.2, 0.25) is 0 Å². The number of benzene rings is 2. The lowest BCUT2D eigenvalue weighted by atomic mass is 10.0. The number of carbonyl (C=O) groups is 3. The number of rotatable bonds is 4. The lowest BCUT2D eigenvalue weighted by Crippen LogP contribution is -2.51. The average molecular weight is 379 g/mol. The van der Waals surface area contributed by atoms with Crippen molar-refractivity contribution in [1.29, 1.82) is 0 Å². The largest absolute Gasteiger partial charge is 0.304 e. The number of thioether (sulfide) groups is 1. The molecule has 0 radical (unpaired) electrons. The molecule has 1 atom stereocenters. The van der Waals surface area contributed by atoms with Gasteiger partial charge in [0.25, 0.3) is 11.8 Å². The van der Waals surface area contributed by atoms with Gasteiger partial charge in [0, 0.05) is 12.2 Å². The van der Waals surface area contributed by atoms with Gasteiger partial charge in [0.1, 0.15) is 6.04 Å². The van der Waals surface area contributed by atoms with Gasteiger partial charge in [-0.05, 0) is 17.7 Å². The zero-order valence-electron chi connectivity index (χ0n) is 14.4. The van der Waals surface area contributed by atoms with Crippen LogP contribution in [0.25, 0.3) is 0 Å². The molecule has 0 aliphatic carbocycles. The molecule has 0 saturated heterocycles. The van der Waals surface area contributed by atoms with Crippen molar-refractivity contribution in [1.82, 2.24) is 10.2 Å². The third-order valence-electron chi connectivity index (χ3n) is 4.53. The van der Waals surface area contributed by atoms with E-state index in [0.717, 1.165) is 16.2 Å². The summed E-state index contributed by atoms with van der Waals surface area (Å²) in [5.41, 5.74) is 1.54. The highest BCUT2D eigenvalue weighted by Crippen LogP contribution is 2.26. The van der Waals surface area contributed by atoms with E-state index in [4.69, 9.17) is 0 Å². The molecule has 6 nitrogen and oxygen atoms in total. The Bertz CT molecular complexity index is 907. The van der Waals surface area contributed by atoms with E-state index in [2.05, 4.69) is 10.3 Å². The van der Waals surface area contributed by atoms with E-state index in [-0.39, 0.29) is 6.42 Å². The molecule has 7 heteroatoms. The molecule has 27 heavy (non-hydrogen) atoms. The number of nitrogens with zero attached hydrogens (tertiary/aromatic N) is 2. The molecule has 2 aromatic carbocycles. The highest BCUT2D eigenvalue weighted by atomic mass is 32.2. The number of fused-ring (bicyclic) bond motifs is 1. The van der Waals surface area contributed by atoms with Crippen LogP contribution < -0.4 is 5.32 Å². The molecule has 2 aromatic rings. The van der Waals surface area contributed by atoms with Crippen molar-refractivity contribution >= 4 is 34.7 Å². The molecule has 1 N–H and O–H groups in total. The fraction of sp³-hybridized carbons (Fsp3) is 0.200. The van der Waals surface area contributed by atoms with Gasteiger partial charge in [0.15, 0.2) is 5.17 Å². The van der Waals surface area contributed by atoms with Crippen LogP contribution in [0.3, 0.4) is 0 Å². The molecule has 0 fully saturated rings. The maximum Gasteiger partial charge on any atom is 0.262 e. The molecular formula is C20H17N3O3S. The van der Waals surface area contributed by atoms with Gasteiger partial charge in [-0.25, -0.2) is 0 Å². The Morgan fingerprint density at radius 3 is 2.26 bits per heavy atom. The smallest absolute Gasteiger partial charge is 0.262 e. The quantitative estimate of drug-likeness (QED) is 0.826. The van der Waals surface area contributed by atoms with E-state index in [1.165, 1.54) is 11.8 Å². The molecule has 2 heterocycles. The third kappa shape index (κ3) is 3.38. The molecule has 0 saturated carbocycles. The van der Waals surface area contributed by atoms with Gasteiger partial charge in [-0.15, -0.1) is 0 Å². The first-order chi connectivity index (χ1) is 13.1. The molecule has 0 unspecified atom stereocenters. The second-order valence-electron chi connectivity index (χ2n) is 6.26. The SMILES string of the molecule is O=C(NC1=NCCS1)[C@@H](Cc1ccccc1)N1C(=O)c2ccccc2C1=O. The van der Waals surface area contributed by atoms with Gasteiger partial charge in [-0.3, -0.25) is 24.3 Å². The average Bonchev–Trinajstić information content (AvgIpc) is 3.28. The van der Waals surface area contributed by atoms with E-state index in [1.807, 2.05) is 30.3 Å². The number of nitrogens with one attached hydrogen (secondary N) is 1. The Morgan fingerprint density at radius 2 is 1.67 bits per heavy atom. The molecule has 2 aliphatic heterocycles. The Morgan fingerprint density at radius 1 is 1.04 bits per heavy atom. The van der Waals surface area contributed by atoms with E-state index in [0.29, 0.717) is 22.8 Å². The van der Waals surface area contributed by atoms with Crippen molar-refractivity contribution in [2.24, 2.45) is 4.99 Å². The normalized spacial score (nSPS) is 16.9. The second kappa shape index (κ2) is 7.36. The summed E-state index contributed by atoms with van der Waals surface area (Å²) < 4.78 is 0. The van der Waals surface area contributed by atoms with Crippen molar-refractivity contribution < 1.29 is 14.4 Å². The standard InChI is InChI=1S/C20H17N3O3S/c24-17(22-20-21-10-11-27-20)16(12-13-6-2-1-3-7-13)23-18(25)14-8-4-5-9-15(14)19(23)26/h1-9,16H,10-12H2,(H,21,22,24)/t16-/m1/s1. The molecule has 0 bridgehead atoms. The minimum Gasteiger partial charge on any atom is -0.304 e. The fourth-order valence-electron chi connectivity index (χ4n) is 3.23. The van der Waals surface area contributed by atoms with Crippen LogP contribution in [0.1, 0.15) is 26.3 Å². The lowest BCUT2D eigenvalue weighted by molar-refractivity contribution is -0.123. The lowest BCUT2D eigenvalue weighted by Gasteiger charge is -2.25. The van der Waals surface area contributed by atoms with Crippen molar-refractivity contribution in [3.63, 3.8) is 0 Å². The van der Waals surface area contributed by atoms with E-state index < -0.39 is 23.8 Å². The van der Waals surface area contributed by atoms with Crippen molar-refractivity contribution in [3.8, 4) is 0 Å². The van der Waals surface area contributed by atoms with Crippen molar-refractivity contribution in [2.75, 3.05) is 12.3 Å². The Hall–Kier alpha value is -2.93. The Balaban J connectivity index is 1.66. The number of imide groups is 1. The van der Waals surface area contributed by atoms with E-state index in [9.17, 15) is 14.4 Å². The summed E-state index contributed by atoms with van der Waals surface area (Å²) in [5.74, 6) is -0.465. The first-order valence-electron chi connectivity index (χ1n) is 8.64. The summed E-state index contributed by atoms with van der Waals surface area (Å²) in [5, 5.41) is 3.31. The molecule has 4 rings (SSSR count). The Labute approximate surface area is 160 Å². The zero-order chi connectivity index (χ0) is 18.8. The van der Waals surface area contributed by atoms with E-state index >= 15 is 0 Å². The minimum atomic E-state index is -0.941. The van der Waals surface area contributed by atoms with Gasteiger partial charge >= 0.3 is 0 Å². The maximum atomic E-state index is 13.0. The molecule has 0 aromatic heterocycles. The van der Waals surface area contributed by atoms with Gasteiger partial charge in [-0.1, -0.05) is 54.2 Å². The molecule has 136 valence electrons. The third-order valence-corrected chi connectivity index (χ3v) is 5.42. The van der Waals surface area contributed by atoms with Crippen LogP contribution >= 0.6 is 11.8 Å². The highest BCUT2D eigenvalue weighted by molar-refractivity contribution is 8.14. The minimum absolute atomic E-state index is 0.246. The van der Waals surface area contributed by atoms with Gasteiger partial charge in [-0.2, -0.15) is 0 Å². The monoisotopic (exact) mass is 379 g/mol. The number of carbonyl (C=O) groups excluding carboxylic acids is 3. The number of amidine groups is 1. The first-order valence-corrected chi connectivity index (χ1v) is 9.62. The second-order valence-corrected chi connectivity index (χ2v) is 7.34. The Kier molecular flexibility index (Phi) is 4.77. The molecule has 3 amide bonds. The van der Waals surface area contributed by atoms with Crippen LogP contribution in [-0.2, 0) is 11.2 Å². The number of hydrogen-bond acceptors (Lipinski definition) is 5. The molecular weight excluding hydrogens is 362 g/mol. The first kappa shape index (κ1) is 17.5. The number of hydrogen-bond donors (Lipinski definition) is 1. The van der Waals surface area contributed by atoms with Gasteiger partial charge in [0.2, 0.25) is 5.91 Å². The van der Waals surface area contributed by atoms with Crippen LogP contribution in [0, 0.1) is 0 Å². The highest BCUT2D eigenvalue weighted by Gasteiger charge is 2.42. The number of aliphatic imine (C=N–C) groups is 1. The molecule has 0 spiro atoms. The van der Waals surface area contributed by atoms with Gasteiger partial charge < -0.3 is 5.32 Å².